The van der Waals surface area contributed by atoms with E-state index in [1.807, 2.05) is 43.7 Å². The van der Waals surface area contributed by atoms with Crippen LogP contribution in [0.3, 0.4) is 0 Å². The van der Waals surface area contributed by atoms with Crippen LogP contribution in [0.4, 0.5) is 4.39 Å². The molecule has 0 spiro atoms. The molecule has 1 fully saturated rings. The number of ether oxygens (including phenoxy) is 1. The van der Waals surface area contributed by atoms with E-state index in [0.29, 0.717) is 31.0 Å². The van der Waals surface area contributed by atoms with E-state index in [4.69, 9.17) is 4.74 Å². The lowest BCUT2D eigenvalue weighted by molar-refractivity contribution is 0.0487. The van der Waals surface area contributed by atoms with Crippen LogP contribution < -0.4 is 5.32 Å². The average molecular weight is 410 g/mol. The summed E-state index contributed by atoms with van der Waals surface area (Å²) >= 11 is 0. The molecule has 1 N–H and O–H groups in total. The molecule has 4 rings (SSSR count). The van der Waals surface area contributed by atoms with E-state index in [2.05, 4.69) is 15.4 Å². The topological polar surface area (TPSA) is 69.0 Å². The van der Waals surface area contributed by atoms with Crippen LogP contribution in [-0.2, 0) is 10.2 Å². The van der Waals surface area contributed by atoms with E-state index in [-0.39, 0.29) is 23.2 Å². The minimum Gasteiger partial charge on any atom is -0.381 e. The smallest absolute Gasteiger partial charge is 0.253 e. The summed E-state index contributed by atoms with van der Waals surface area (Å²) in [5.74, 6) is -0.422. The number of aryl methyl sites for hydroxylation is 1. The van der Waals surface area contributed by atoms with Crippen molar-refractivity contribution in [2.24, 2.45) is 0 Å². The molecule has 3 heterocycles. The van der Waals surface area contributed by atoms with Gasteiger partial charge >= 0.3 is 0 Å². The third kappa shape index (κ3) is 3.81. The van der Waals surface area contributed by atoms with Gasteiger partial charge in [-0.2, -0.15) is 5.10 Å². The van der Waals surface area contributed by atoms with Gasteiger partial charge in [0.1, 0.15) is 5.82 Å². The Morgan fingerprint density at radius 1 is 1.27 bits per heavy atom. The van der Waals surface area contributed by atoms with Crippen LogP contribution >= 0.6 is 0 Å². The van der Waals surface area contributed by atoms with Crippen molar-refractivity contribution in [3.05, 3.63) is 59.2 Å². The van der Waals surface area contributed by atoms with E-state index < -0.39 is 0 Å². The molecule has 6 nitrogen and oxygen atoms in total. The van der Waals surface area contributed by atoms with Crippen LogP contribution in [0.5, 0.6) is 0 Å². The van der Waals surface area contributed by atoms with Crippen molar-refractivity contribution in [1.82, 2.24) is 20.1 Å². The van der Waals surface area contributed by atoms with Crippen molar-refractivity contribution < 1.29 is 13.9 Å². The number of rotatable bonds is 5. The molecule has 0 bridgehead atoms. The summed E-state index contributed by atoms with van der Waals surface area (Å²) in [6, 6.07) is 8.62. The molecule has 2 aromatic heterocycles. The fraction of sp³-hybridized carbons (Fsp3) is 0.435. The van der Waals surface area contributed by atoms with Gasteiger partial charge in [0.2, 0.25) is 0 Å². The second-order valence-electron chi connectivity index (χ2n) is 8.30. The maximum absolute atomic E-state index is 13.4. The standard InChI is InChI=1S/C23H27FN4O2/c1-15(2)28-21-17(13-26-28)12-20(16(3)27-21)22(29)25-14-23(8-10-30-11-9-23)18-4-6-19(24)7-5-18/h4-7,12-13,15H,8-11,14H2,1-3H3,(H,25,29). The van der Waals surface area contributed by atoms with Crippen LogP contribution in [0.15, 0.2) is 36.5 Å². The highest BCUT2D eigenvalue weighted by Crippen LogP contribution is 2.34. The number of amides is 1. The van der Waals surface area contributed by atoms with Crippen LogP contribution in [-0.4, -0.2) is 40.4 Å². The van der Waals surface area contributed by atoms with E-state index in [0.717, 1.165) is 29.4 Å². The third-order valence-corrected chi connectivity index (χ3v) is 5.99. The molecule has 3 aromatic rings. The number of hydrogen-bond acceptors (Lipinski definition) is 4. The number of nitrogens with zero attached hydrogens (tertiary/aromatic N) is 3. The first-order chi connectivity index (χ1) is 14.4. The molecule has 1 aromatic carbocycles. The molecule has 30 heavy (non-hydrogen) atoms. The van der Waals surface area contributed by atoms with Crippen LogP contribution in [0.1, 0.15) is 54.3 Å². The maximum Gasteiger partial charge on any atom is 0.253 e. The van der Waals surface area contributed by atoms with E-state index in [9.17, 15) is 9.18 Å². The van der Waals surface area contributed by atoms with Crippen LogP contribution in [0.25, 0.3) is 11.0 Å². The summed E-state index contributed by atoms with van der Waals surface area (Å²) in [6.07, 6.45) is 3.30. The molecule has 0 saturated carbocycles. The number of nitrogens with one attached hydrogen (secondary N) is 1. The Bertz CT molecular complexity index is 1050. The number of hydrogen-bond donors (Lipinski definition) is 1. The van der Waals surface area contributed by atoms with E-state index in [1.165, 1.54) is 12.1 Å². The van der Waals surface area contributed by atoms with Gasteiger partial charge < -0.3 is 10.1 Å². The molecule has 0 unspecified atom stereocenters. The minimum atomic E-state index is -0.268. The van der Waals surface area contributed by atoms with Gasteiger partial charge in [-0.1, -0.05) is 12.1 Å². The first-order valence-corrected chi connectivity index (χ1v) is 10.4. The summed E-state index contributed by atoms with van der Waals surface area (Å²) in [5, 5.41) is 8.34. The second kappa shape index (κ2) is 8.14. The van der Waals surface area contributed by atoms with Gasteiger partial charge in [0.05, 0.1) is 17.5 Å². The molecular formula is C23H27FN4O2. The van der Waals surface area contributed by atoms with Crippen LogP contribution in [0, 0.1) is 12.7 Å². The Balaban J connectivity index is 1.58. The minimum absolute atomic E-state index is 0.160. The molecule has 1 saturated heterocycles. The number of halogens is 1. The molecule has 1 amide bonds. The summed E-state index contributed by atoms with van der Waals surface area (Å²) < 4.78 is 20.8. The lowest BCUT2D eigenvalue weighted by Gasteiger charge is -2.38. The predicted molar refractivity (Wildman–Crippen MR) is 113 cm³/mol. The fourth-order valence-electron chi connectivity index (χ4n) is 4.15. The van der Waals surface area contributed by atoms with Gasteiger partial charge in [0.15, 0.2) is 5.65 Å². The lowest BCUT2D eigenvalue weighted by Crippen LogP contribution is -2.44. The fourth-order valence-corrected chi connectivity index (χ4v) is 4.15. The Morgan fingerprint density at radius 3 is 2.63 bits per heavy atom. The van der Waals surface area contributed by atoms with Crippen molar-refractivity contribution in [2.45, 2.75) is 45.1 Å². The van der Waals surface area contributed by atoms with Crippen molar-refractivity contribution in [3.8, 4) is 0 Å². The number of fused-ring (bicyclic) bond motifs is 1. The molecular weight excluding hydrogens is 383 g/mol. The van der Waals surface area contributed by atoms with Gasteiger partial charge in [-0.05, 0) is 57.4 Å². The monoisotopic (exact) mass is 410 g/mol. The highest BCUT2D eigenvalue weighted by atomic mass is 19.1. The highest BCUT2D eigenvalue weighted by molar-refractivity contribution is 5.98. The average Bonchev–Trinajstić information content (AvgIpc) is 3.15. The molecule has 158 valence electrons. The molecule has 0 radical (unpaired) electrons. The molecule has 1 aliphatic rings. The quantitative estimate of drug-likeness (QED) is 0.692. The number of pyridine rings is 1. The van der Waals surface area contributed by atoms with Gasteiger partial charge in [0.25, 0.3) is 5.91 Å². The molecule has 1 aliphatic heterocycles. The summed E-state index contributed by atoms with van der Waals surface area (Å²) in [4.78, 5) is 17.7. The third-order valence-electron chi connectivity index (χ3n) is 5.99. The SMILES string of the molecule is Cc1nc2c(cnn2C(C)C)cc1C(=O)NCC1(c2ccc(F)cc2)CCOCC1. The van der Waals surface area contributed by atoms with E-state index >= 15 is 0 Å². The number of aromatic nitrogens is 3. The normalized spacial score (nSPS) is 16.2. The zero-order valence-corrected chi connectivity index (χ0v) is 17.6. The Labute approximate surface area is 175 Å². The molecule has 0 atom stereocenters. The summed E-state index contributed by atoms with van der Waals surface area (Å²) in [5.41, 5.74) is 2.76. The van der Waals surface area contributed by atoms with Gasteiger partial charge in [-0.3, -0.25) is 4.79 Å². The molecule has 7 heteroatoms. The number of carbonyl (C=O) groups is 1. The maximum atomic E-state index is 13.4. The lowest BCUT2D eigenvalue weighted by atomic mass is 9.74. The number of carbonyl (C=O) groups excluding carboxylic acids is 1. The Kier molecular flexibility index (Phi) is 5.56. The zero-order valence-electron chi connectivity index (χ0n) is 17.6. The summed E-state index contributed by atoms with van der Waals surface area (Å²) in [6.45, 7) is 7.64. The number of benzene rings is 1. The van der Waals surface area contributed by atoms with Crippen molar-refractivity contribution in [2.75, 3.05) is 19.8 Å². The first-order valence-electron chi connectivity index (χ1n) is 10.4. The molecule has 0 aliphatic carbocycles. The largest absolute Gasteiger partial charge is 0.381 e. The van der Waals surface area contributed by atoms with E-state index in [1.54, 1.807) is 6.20 Å². The van der Waals surface area contributed by atoms with Gasteiger partial charge in [-0.15, -0.1) is 0 Å². The first kappa shape index (κ1) is 20.5. The van der Waals surface area contributed by atoms with Crippen molar-refractivity contribution >= 4 is 16.9 Å². The van der Waals surface area contributed by atoms with Gasteiger partial charge in [0, 0.05) is 36.6 Å². The Hall–Kier alpha value is -2.80. The van der Waals surface area contributed by atoms with Crippen LogP contribution in [0.2, 0.25) is 0 Å². The summed E-state index contributed by atoms with van der Waals surface area (Å²) in [7, 11) is 0. The zero-order chi connectivity index (χ0) is 21.3. The predicted octanol–water partition coefficient (Wildman–Crippen LogP) is 3.94. The highest BCUT2D eigenvalue weighted by Gasteiger charge is 2.35. The van der Waals surface area contributed by atoms with Crippen molar-refractivity contribution in [1.29, 1.82) is 0 Å². The Morgan fingerprint density at radius 2 is 1.97 bits per heavy atom. The second-order valence-corrected chi connectivity index (χ2v) is 8.30. The van der Waals surface area contributed by atoms with Gasteiger partial charge in [-0.25, -0.2) is 14.1 Å². The van der Waals surface area contributed by atoms with Crippen molar-refractivity contribution in [3.63, 3.8) is 0 Å².